The van der Waals surface area contributed by atoms with Crippen LogP contribution in [-0.2, 0) is 4.79 Å². The molecule has 0 spiro atoms. The molecule has 1 saturated heterocycles. The van der Waals surface area contributed by atoms with Gasteiger partial charge in [-0.15, -0.1) is 11.3 Å². The molecule has 2 aliphatic rings. The summed E-state index contributed by atoms with van der Waals surface area (Å²) < 4.78 is 0. The average Bonchev–Trinajstić information content (AvgIpc) is 3.30. The van der Waals surface area contributed by atoms with Crippen LogP contribution in [0.3, 0.4) is 0 Å². The number of amides is 1. The number of carbonyl (C=O) groups is 1. The van der Waals surface area contributed by atoms with Crippen molar-refractivity contribution in [1.82, 2.24) is 5.32 Å². The molecule has 0 unspecified atom stereocenters. The van der Waals surface area contributed by atoms with Gasteiger partial charge >= 0.3 is 0 Å². The summed E-state index contributed by atoms with van der Waals surface area (Å²) in [6.45, 7) is 6.53. The molecule has 0 radical (unpaired) electrons. The van der Waals surface area contributed by atoms with E-state index in [2.05, 4.69) is 65.0 Å². The highest BCUT2D eigenvalue weighted by Gasteiger charge is 2.35. The van der Waals surface area contributed by atoms with Crippen LogP contribution in [0.1, 0.15) is 49.9 Å². The molecule has 2 N–H and O–H groups in total. The average molecular weight is 413 g/mol. The number of quaternary nitrogens is 1. The van der Waals surface area contributed by atoms with E-state index in [4.69, 9.17) is 0 Å². The fourth-order valence-corrected chi connectivity index (χ4v) is 6.05. The molecule has 0 bridgehead atoms. The van der Waals surface area contributed by atoms with Gasteiger partial charge in [0.15, 0.2) is 0 Å². The summed E-state index contributed by atoms with van der Waals surface area (Å²) in [5.74, 6) is 0.501. The summed E-state index contributed by atoms with van der Waals surface area (Å²) in [4.78, 5) is 18.4. The van der Waals surface area contributed by atoms with Crippen molar-refractivity contribution in [2.24, 2.45) is 5.92 Å². The highest BCUT2D eigenvalue weighted by Crippen LogP contribution is 2.25. The zero-order valence-corrected chi connectivity index (χ0v) is 18.3. The molecule has 4 nitrogen and oxygen atoms in total. The lowest BCUT2D eigenvalue weighted by atomic mass is 9.88. The predicted molar refractivity (Wildman–Crippen MR) is 121 cm³/mol. The van der Waals surface area contributed by atoms with Crippen LogP contribution < -0.4 is 15.1 Å². The Bertz CT molecular complexity index is 750. The number of anilines is 1. The standard InChI is InChI=1S/C24H33N3OS/c1-19(25-24(28)20-9-4-2-5-10-20)23(22-13-8-18-29-22)27-16-14-26(15-17-27)21-11-6-3-7-12-21/h3,6-8,11-13,18-20,23H,2,4-5,9-10,14-17H2,1H3,(H,25,28)/p+1/t19-,23+/m0/s1. The highest BCUT2D eigenvalue weighted by molar-refractivity contribution is 7.10. The molecule has 1 aromatic carbocycles. The Labute approximate surface area is 178 Å². The largest absolute Gasteiger partial charge is 0.360 e. The second-order valence-electron chi connectivity index (χ2n) is 8.61. The Morgan fingerprint density at radius 2 is 1.79 bits per heavy atom. The van der Waals surface area contributed by atoms with Crippen LogP contribution >= 0.6 is 11.3 Å². The van der Waals surface area contributed by atoms with Gasteiger partial charge in [0.05, 0.1) is 37.1 Å². The van der Waals surface area contributed by atoms with Crippen LogP contribution in [0.5, 0.6) is 0 Å². The van der Waals surface area contributed by atoms with Gasteiger partial charge < -0.3 is 15.1 Å². The van der Waals surface area contributed by atoms with Crippen molar-refractivity contribution in [1.29, 1.82) is 0 Å². The first-order valence-corrected chi connectivity index (χ1v) is 12.1. The maximum Gasteiger partial charge on any atom is 0.223 e. The third-order valence-electron chi connectivity index (χ3n) is 6.66. The maximum absolute atomic E-state index is 12.9. The molecule has 1 aliphatic heterocycles. The quantitative estimate of drug-likeness (QED) is 0.764. The van der Waals surface area contributed by atoms with Gasteiger partial charge in [0.25, 0.3) is 0 Å². The molecule has 29 heavy (non-hydrogen) atoms. The van der Waals surface area contributed by atoms with Gasteiger partial charge in [-0.05, 0) is 43.3 Å². The first-order valence-electron chi connectivity index (χ1n) is 11.2. The number of para-hydroxylation sites is 1. The van der Waals surface area contributed by atoms with Gasteiger partial charge in [0.2, 0.25) is 5.91 Å². The van der Waals surface area contributed by atoms with Crippen LogP contribution in [0.25, 0.3) is 0 Å². The topological polar surface area (TPSA) is 36.8 Å². The molecular weight excluding hydrogens is 378 g/mol. The number of hydrogen-bond donors (Lipinski definition) is 2. The van der Waals surface area contributed by atoms with Gasteiger partial charge in [0, 0.05) is 11.6 Å². The number of rotatable bonds is 6. The summed E-state index contributed by atoms with van der Waals surface area (Å²) in [6, 6.07) is 15.6. The molecule has 4 rings (SSSR count). The van der Waals surface area contributed by atoms with Crippen LogP contribution in [-0.4, -0.2) is 38.1 Å². The van der Waals surface area contributed by atoms with Crippen LogP contribution in [0, 0.1) is 5.92 Å². The van der Waals surface area contributed by atoms with Crippen molar-refractivity contribution < 1.29 is 9.69 Å². The van der Waals surface area contributed by atoms with Crippen molar-refractivity contribution in [2.75, 3.05) is 31.1 Å². The summed E-state index contributed by atoms with van der Waals surface area (Å²) in [6.07, 6.45) is 5.81. The minimum Gasteiger partial charge on any atom is -0.360 e. The van der Waals surface area contributed by atoms with Gasteiger partial charge in [-0.1, -0.05) is 43.5 Å². The van der Waals surface area contributed by atoms with Crippen LogP contribution in [0.2, 0.25) is 0 Å². The Kier molecular flexibility index (Phi) is 6.88. The Morgan fingerprint density at radius 1 is 1.07 bits per heavy atom. The molecule has 2 atom stereocenters. The first-order chi connectivity index (χ1) is 14.2. The SMILES string of the molecule is C[C@H](NC(=O)C1CCCCC1)[C@H](c1cccs1)[NH+]1CCN(c2ccccc2)CC1. The Morgan fingerprint density at radius 3 is 2.45 bits per heavy atom. The molecule has 2 aromatic rings. The first kappa shape index (κ1) is 20.4. The Hall–Kier alpha value is -1.85. The van der Waals surface area contributed by atoms with Crippen molar-refractivity contribution in [3.8, 4) is 0 Å². The highest BCUT2D eigenvalue weighted by atomic mass is 32.1. The van der Waals surface area contributed by atoms with E-state index < -0.39 is 0 Å². The zero-order valence-electron chi connectivity index (χ0n) is 17.5. The van der Waals surface area contributed by atoms with E-state index in [0.29, 0.717) is 6.04 Å². The lowest BCUT2D eigenvalue weighted by Crippen LogP contribution is -3.16. The fourth-order valence-electron chi connectivity index (χ4n) is 5.06. The van der Waals surface area contributed by atoms with E-state index >= 15 is 0 Å². The number of thiophene rings is 1. The third kappa shape index (κ3) is 5.01. The molecule has 1 amide bonds. The predicted octanol–water partition coefficient (Wildman–Crippen LogP) is 3.28. The molecule has 1 aliphatic carbocycles. The molecule has 5 heteroatoms. The number of piperazine rings is 1. The maximum atomic E-state index is 12.9. The second kappa shape index (κ2) is 9.77. The van der Waals surface area contributed by atoms with Gasteiger partial charge in [-0.25, -0.2) is 0 Å². The molecule has 1 aromatic heterocycles. The number of carbonyl (C=O) groups excluding carboxylic acids is 1. The van der Waals surface area contributed by atoms with E-state index in [9.17, 15) is 4.79 Å². The number of nitrogens with zero attached hydrogens (tertiary/aromatic N) is 1. The minimum atomic E-state index is 0.154. The van der Waals surface area contributed by atoms with E-state index in [1.54, 1.807) is 4.90 Å². The summed E-state index contributed by atoms with van der Waals surface area (Å²) >= 11 is 1.83. The van der Waals surface area contributed by atoms with Crippen molar-refractivity contribution in [3.63, 3.8) is 0 Å². The van der Waals surface area contributed by atoms with Crippen molar-refractivity contribution >= 4 is 22.9 Å². The fraction of sp³-hybridized carbons (Fsp3) is 0.542. The molecule has 2 heterocycles. The van der Waals surface area contributed by atoms with Crippen LogP contribution in [0.4, 0.5) is 5.69 Å². The van der Waals surface area contributed by atoms with E-state index in [1.165, 1.54) is 29.8 Å². The lowest BCUT2D eigenvalue weighted by Gasteiger charge is -2.39. The number of benzene rings is 1. The van der Waals surface area contributed by atoms with E-state index in [1.807, 2.05) is 11.3 Å². The van der Waals surface area contributed by atoms with Crippen molar-refractivity contribution in [2.45, 2.75) is 51.1 Å². The molecule has 2 fully saturated rings. The third-order valence-corrected chi connectivity index (χ3v) is 7.62. The van der Waals surface area contributed by atoms with Gasteiger partial charge in [0.1, 0.15) is 6.04 Å². The summed E-state index contributed by atoms with van der Waals surface area (Å²) in [5.41, 5.74) is 1.32. The summed E-state index contributed by atoms with van der Waals surface area (Å²) in [5, 5.41) is 5.58. The lowest BCUT2D eigenvalue weighted by molar-refractivity contribution is -0.933. The second-order valence-corrected chi connectivity index (χ2v) is 9.59. The van der Waals surface area contributed by atoms with E-state index in [0.717, 1.165) is 39.0 Å². The Balaban J connectivity index is 1.42. The normalized spacial score (nSPS) is 20.9. The van der Waals surface area contributed by atoms with Crippen LogP contribution in [0.15, 0.2) is 47.8 Å². The molecular formula is C24H34N3OS+. The molecule has 156 valence electrons. The zero-order chi connectivity index (χ0) is 20.1. The summed E-state index contributed by atoms with van der Waals surface area (Å²) in [7, 11) is 0. The van der Waals surface area contributed by atoms with Crippen molar-refractivity contribution in [3.05, 3.63) is 52.7 Å². The van der Waals surface area contributed by atoms with E-state index in [-0.39, 0.29) is 17.9 Å². The number of nitrogens with one attached hydrogen (secondary N) is 2. The monoisotopic (exact) mass is 412 g/mol. The van der Waals surface area contributed by atoms with Gasteiger partial charge in [-0.3, -0.25) is 4.79 Å². The molecule has 1 saturated carbocycles. The smallest absolute Gasteiger partial charge is 0.223 e. The number of hydrogen-bond acceptors (Lipinski definition) is 3. The van der Waals surface area contributed by atoms with Gasteiger partial charge in [-0.2, -0.15) is 0 Å². The minimum absolute atomic E-state index is 0.154.